The number of nitrogens with zero attached hydrogens (tertiary/aromatic N) is 3. The molecular weight excluding hydrogens is 468 g/mol. The summed E-state index contributed by atoms with van der Waals surface area (Å²) in [6.07, 6.45) is 4.34. The minimum absolute atomic E-state index is 0.0521. The van der Waals surface area contributed by atoms with Gasteiger partial charge < -0.3 is 16.0 Å². The number of nitrogens with one attached hydrogen (secondary N) is 3. The quantitative estimate of drug-likeness (QED) is 0.238. The van der Waals surface area contributed by atoms with Crippen LogP contribution in [0.2, 0.25) is 0 Å². The number of hydrogen-bond acceptors (Lipinski definition) is 6. The van der Waals surface area contributed by atoms with E-state index >= 15 is 0 Å². The topological polar surface area (TPSA) is 97.0 Å². The molecule has 3 amide bonds. The van der Waals surface area contributed by atoms with E-state index in [0.717, 1.165) is 32.4 Å². The third kappa shape index (κ3) is 19.3. The van der Waals surface area contributed by atoms with Gasteiger partial charge in [-0.05, 0) is 80.5 Å². The van der Waals surface area contributed by atoms with Crippen LogP contribution in [0.3, 0.4) is 0 Å². The van der Waals surface area contributed by atoms with Gasteiger partial charge in [-0.3, -0.25) is 29.1 Å². The summed E-state index contributed by atoms with van der Waals surface area (Å²) in [5.74, 6) is -0.246. The molecule has 0 aliphatic rings. The van der Waals surface area contributed by atoms with Crippen molar-refractivity contribution in [3.05, 3.63) is 37.0 Å². The molecule has 0 aromatic carbocycles. The molecule has 3 N–H and O–H groups in total. The van der Waals surface area contributed by atoms with Crippen LogP contribution < -0.4 is 16.0 Å². The van der Waals surface area contributed by atoms with Gasteiger partial charge in [0.2, 0.25) is 17.7 Å². The van der Waals surface area contributed by atoms with Crippen LogP contribution in [0.5, 0.6) is 0 Å². The first kappa shape index (κ1) is 39.0. The van der Waals surface area contributed by atoms with Gasteiger partial charge in [0.25, 0.3) is 0 Å². The first-order valence-corrected chi connectivity index (χ1v) is 13.1. The molecule has 0 rings (SSSR count). The maximum absolute atomic E-state index is 11.4. The first-order chi connectivity index (χ1) is 17.2. The molecule has 0 heterocycles. The summed E-state index contributed by atoms with van der Waals surface area (Å²) in [4.78, 5) is 39.6. The summed E-state index contributed by atoms with van der Waals surface area (Å²) in [6, 6.07) is 0. The summed E-state index contributed by atoms with van der Waals surface area (Å²) in [7, 11) is 7.73. The van der Waals surface area contributed by atoms with Gasteiger partial charge in [0.1, 0.15) is 0 Å². The van der Waals surface area contributed by atoms with Gasteiger partial charge in [-0.25, -0.2) is 0 Å². The Labute approximate surface area is 227 Å². The highest BCUT2D eigenvalue weighted by molar-refractivity contribution is 5.92. The largest absolute Gasteiger partial charge is 0.337 e. The van der Waals surface area contributed by atoms with Gasteiger partial charge in [0.05, 0.1) is 18.5 Å². The molecule has 0 aromatic heterocycles. The molecule has 0 aliphatic carbocycles. The second kappa shape index (κ2) is 22.7. The average Bonchev–Trinajstić information content (AvgIpc) is 2.85. The molecule has 37 heavy (non-hydrogen) atoms. The Morgan fingerprint density at radius 1 is 0.676 bits per heavy atom. The number of hydrogen-bond donors (Lipinski definition) is 3. The maximum atomic E-state index is 11.4. The van der Waals surface area contributed by atoms with Crippen LogP contribution in [0.4, 0.5) is 0 Å². The number of carbonyl (C=O) groups is 3. The molecule has 9 heteroatoms. The highest BCUT2D eigenvalue weighted by atomic mass is 16.2. The molecule has 9 nitrogen and oxygen atoms in total. The van der Waals surface area contributed by atoms with Crippen LogP contribution in [-0.4, -0.2) is 92.2 Å². The molecule has 0 aliphatic heterocycles. The van der Waals surface area contributed by atoms with E-state index in [0.29, 0.717) is 11.1 Å². The van der Waals surface area contributed by atoms with Gasteiger partial charge in [-0.15, -0.1) is 0 Å². The van der Waals surface area contributed by atoms with Crippen molar-refractivity contribution in [2.24, 2.45) is 0 Å². The van der Waals surface area contributed by atoms with Crippen LogP contribution in [0.1, 0.15) is 67.7 Å². The Bertz CT molecular complexity index is 702. The molecule has 0 radical (unpaired) electrons. The zero-order valence-corrected chi connectivity index (χ0v) is 25.5. The van der Waals surface area contributed by atoms with Crippen molar-refractivity contribution in [1.82, 2.24) is 30.7 Å². The van der Waals surface area contributed by atoms with Crippen molar-refractivity contribution >= 4 is 17.7 Å². The van der Waals surface area contributed by atoms with E-state index in [1.807, 2.05) is 51.8 Å². The summed E-state index contributed by atoms with van der Waals surface area (Å²) in [5, 5.41) is 8.59. The molecule has 0 aromatic rings. The van der Waals surface area contributed by atoms with E-state index in [2.05, 4.69) is 61.4 Å². The normalized spacial score (nSPS) is 12.7. The zero-order valence-electron chi connectivity index (χ0n) is 25.5. The predicted molar refractivity (Wildman–Crippen MR) is 157 cm³/mol. The Kier molecular flexibility index (Phi) is 23.9. The first-order valence-electron chi connectivity index (χ1n) is 13.1. The molecule has 0 saturated carbocycles. The van der Waals surface area contributed by atoms with E-state index in [-0.39, 0.29) is 36.2 Å². The van der Waals surface area contributed by atoms with Gasteiger partial charge in [0, 0.05) is 11.1 Å². The van der Waals surface area contributed by atoms with Crippen molar-refractivity contribution in [2.45, 2.75) is 86.2 Å². The zero-order chi connectivity index (χ0) is 29.7. The third-order valence-electron chi connectivity index (χ3n) is 5.52. The van der Waals surface area contributed by atoms with Gasteiger partial charge in [0.15, 0.2) is 0 Å². The van der Waals surface area contributed by atoms with Crippen molar-refractivity contribution in [2.75, 3.05) is 41.3 Å². The Morgan fingerprint density at radius 3 is 1.24 bits per heavy atom. The van der Waals surface area contributed by atoms with Gasteiger partial charge in [-0.1, -0.05) is 54.4 Å². The van der Waals surface area contributed by atoms with E-state index in [4.69, 9.17) is 0 Å². The van der Waals surface area contributed by atoms with Crippen LogP contribution in [0.15, 0.2) is 37.0 Å². The van der Waals surface area contributed by atoms with E-state index in [1.165, 1.54) is 6.08 Å². The van der Waals surface area contributed by atoms with Gasteiger partial charge >= 0.3 is 0 Å². The molecule has 0 fully saturated rings. The van der Waals surface area contributed by atoms with E-state index in [9.17, 15) is 14.4 Å². The second-order valence-corrected chi connectivity index (χ2v) is 9.14. The van der Waals surface area contributed by atoms with Crippen LogP contribution >= 0.6 is 0 Å². The third-order valence-corrected chi connectivity index (χ3v) is 5.52. The molecule has 3 atom stereocenters. The molecular formula is C28H56N6O3. The van der Waals surface area contributed by atoms with Gasteiger partial charge in [-0.2, -0.15) is 0 Å². The number of carbonyl (C=O) groups excluding carboxylic acids is 3. The number of amides is 3. The number of rotatable bonds is 14. The fourth-order valence-electron chi connectivity index (χ4n) is 3.08. The fraction of sp³-hybridized carbons (Fsp3) is 0.679. The average molecular weight is 525 g/mol. The SMILES string of the molecule is C=C(C)C(=O)NC(CC)N(C)C.C=C(C)C(=O)NC(CC)N(CC)CC.C=CC(=O)NC(CC)N(C)C. The monoisotopic (exact) mass is 524 g/mol. The lowest BCUT2D eigenvalue weighted by Gasteiger charge is -2.29. The molecule has 0 saturated heterocycles. The van der Waals surface area contributed by atoms with E-state index in [1.54, 1.807) is 13.8 Å². The van der Waals surface area contributed by atoms with Crippen LogP contribution in [0, 0.1) is 0 Å². The molecule has 0 bridgehead atoms. The highest BCUT2D eigenvalue weighted by Gasteiger charge is 2.16. The Morgan fingerprint density at radius 2 is 1.00 bits per heavy atom. The second-order valence-electron chi connectivity index (χ2n) is 9.14. The van der Waals surface area contributed by atoms with Crippen LogP contribution in [-0.2, 0) is 14.4 Å². The lowest BCUT2D eigenvalue weighted by atomic mass is 10.2. The van der Waals surface area contributed by atoms with Crippen LogP contribution in [0.25, 0.3) is 0 Å². The summed E-state index contributed by atoms with van der Waals surface area (Å²) in [6.45, 7) is 26.2. The van der Waals surface area contributed by atoms with Crippen molar-refractivity contribution in [3.63, 3.8) is 0 Å². The molecule has 216 valence electrons. The van der Waals surface area contributed by atoms with E-state index < -0.39 is 0 Å². The highest BCUT2D eigenvalue weighted by Crippen LogP contribution is 2.01. The molecule has 3 unspecified atom stereocenters. The standard InChI is InChI=1S/C11H22N2O.C9H18N2O.C8H16N2O/c1-6-10(13(7-2)8-3)12-11(14)9(4)5;1-6-8(11(4)5)10-9(12)7(2)3;1-5-7(10(3)4)9-8(11)6-2/h10H,4,6-8H2,1-3,5H3,(H,12,14);8H,2,6H2,1,3-5H3,(H,10,12);6-7H,2,5H2,1,3-4H3,(H,9,11). The minimum atomic E-state index is -0.120. The summed E-state index contributed by atoms with van der Waals surface area (Å²) < 4.78 is 0. The lowest BCUT2D eigenvalue weighted by Crippen LogP contribution is -2.47. The van der Waals surface area contributed by atoms with Crippen molar-refractivity contribution in [1.29, 1.82) is 0 Å². The lowest BCUT2D eigenvalue weighted by molar-refractivity contribution is -0.120. The summed E-state index contributed by atoms with van der Waals surface area (Å²) in [5.41, 5.74) is 1.12. The fourth-order valence-corrected chi connectivity index (χ4v) is 3.08. The van der Waals surface area contributed by atoms with Crippen molar-refractivity contribution in [3.8, 4) is 0 Å². The predicted octanol–water partition coefficient (Wildman–Crippen LogP) is 3.32. The Balaban J connectivity index is -0.000000473. The van der Waals surface area contributed by atoms with Crippen molar-refractivity contribution < 1.29 is 14.4 Å². The Hall–Kier alpha value is -2.49. The molecule has 0 spiro atoms. The minimum Gasteiger partial charge on any atom is -0.337 e. The smallest absolute Gasteiger partial charge is 0.247 e. The summed E-state index contributed by atoms with van der Waals surface area (Å²) >= 11 is 0. The maximum Gasteiger partial charge on any atom is 0.247 e.